The number of aromatic nitrogens is 3. The molecule has 0 unspecified atom stereocenters. The first kappa shape index (κ1) is 22.3. The van der Waals surface area contributed by atoms with Gasteiger partial charge in [0.05, 0.1) is 5.52 Å². The summed E-state index contributed by atoms with van der Waals surface area (Å²) in [5, 5.41) is 3.88. The van der Waals surface area contributed by atoms with Gasteiger partial charge in [0.25, 0.3) is 5.91 Å². The molecule has 1 amide bonds. The minimum absolute atomic E-state index is 0.146. The number of ether oxygens (including phenoxy) is 1. The second-order valence-electron chi connectivity index (χ2n) is 8.36. The molecule has 5 rings (SSSR count). The van der Waals surface area contributed by atoms with Gasteiger partial charge in [-0.3, -0.25) is 14.8 Å². The largest absolute Gasteiger partial charge is 0.456 e. The van der Waals surface area contributed by atoms with Crippen molar-refractivity contribution in [2.24, 2.45) is 0 Å². The summed E-state index contributed by atoms with van der Waals surface area (Å²) in [6.07, 6.45) is 10.4. The minimum Gasteiger partial charge on any atom is -0.456 e. The predicted octanol–water partition coefficient (Wildman–Crippen LogP) is 6.01. The summed E-state index contributed by atoms with van der Waals surface area (Å²) in [5.74, 6) is 1.18. The van der Waals surface area contributed by atoms with Crippen LogP contribution in [0.3, 0.4) is 0 Å². The molecular formula is C29H26N4O2. The van der Waals surface area contributed by atoms with Crippen LogP contribution in [0.2, 0.25) is 0 Å². The van der Waals surface area contributed by atoms with E-state index in [-0.39, 0.29) is 5.91 Å². The highest BCUT2D eigenvalue weighted by Gasteiger charge is 2.14. The normalized spacial score (nSPS) is 10.9. The number of rotatable bonds is 7. The van der Waals surface area contributed by atoms with E-state index >= 15 is 0 Å². The standard InChI is InChI=1S/C29H26N4O2/c1-3-21-12-16-33(19-21)23-7-8-25-26(17-23)31-15-11-28(25)35-27-6-4-5-24(20(27)2)29(34)32-18-22-9-13-30-14-10-22/h4-17,19H,3,18H2,1-2H3,(H,32,34). The van der Waals surface area contributed by atoms with Gasteiger partial charge in [-0.25, -0.2) is 0 Å². The maximum atomic E-state index is 12.9. The Bertz CT molecular complexity index is 1490. The second-order valence-corrected chi connectivity index (χ2v) is 8.36. The number of pyridine rings is 2. The van der Waals surface area contributed by atoms with Crippen molar-refractivity contribution >= 4 is 16.8 Å². The van der Waals surface area contributed by atoms with Crippen molar-refractivity contribution in [2.75, 3.05) is 0 Å². The highest BCUT2D eigenvalue weighted by atomic mass is 16.5. The van der Waals surface area contributed by atoms with Gasteiger partial charge in [0.2, 0.25) is 0 Å². The molecule has 0 atom stereocenters. The van der Waals surface area contributed by atoms with Crippen LogP contribution in [0.4, 0.5) is 0 Å². The van der Waals surface area contributed by atoms with E-state index in [0.717, 1.165) is 34.1 Å². The van der Waals surface area contributed by atoms with E-state index in [1.54, 1.807) is 18.6 Å². The van der Waals surface area contributed by atoms with Crippen LogP contribution in [0.1, 0.15) is 34.0 Å². The summed E-state index contributed by atoms with van der Waals surface area (Å²) in [7, 11) is 0. The topological polar surface area (TPSA) is 69.0 Å². The molecule has 35 heavy (non-hydrogen) atoms. The first-order chi connectivity index (χ1) is 17.1. The maximum Gasteiger partial charge on any atom is 0.251 e. The Morgan fingerprint density at radius 2 is 1.83 bits per heavy atom. The molecule has 0 aliphatic rings. The van der Waals surface area contributed by atoms with E-state index in [1.165, 1.54) is 5.56 Å². The number of fused-ring (bicyclic) bond motifs is 1. The summed E-state index contributed by atoms with van der Waals surface area (Å²) in [6, 6.07) is 19.4. The van der Waals surface area contributed by atoms with Crippen molar-refractivity contribution in [3.8, 4) is 17.2 Å². The first-order valence-electron chi connectivity index (χ1n) is 11.6. The Hall–Kier alpha value is -4.45. The Kier molecular flexibility index (Phi) is 6.26. The Balaban J connectivity index is 1.39. The fourth-order valence-electron chi connectivity index (χ4n) is 4.04. The van der Waals surface area contributed by atoms with Crippen LogP contribution in [-0.2, 0) is 13.0 Å². The van der Waals surface area contributed by atoms with Gasteiger partial charge in [-0.2, -0.15) is 0 Å². The van der Waals surface area contributed by atoms with Crippen molar-refractivity contribution in [1.82, 2.24) is 19.9 Å². The van der Waals surface area contributed by atoms with Crippen LogP contribution in [-0.4, -0.2) is 20.4 Å². The maximum absolute atomic E-state index is 12.9. The molecule has 0 saturated carbocycles. The summed E-state index contributed by atoms with van der Waals surface area (Å²) >= 11 is 0. The number of carbonyl (C=O) groups is 1. The van der Waals surface area contributed by atoms with Crippen LogP contribution in [0.5, 0.6) is 11.5 Å². The molecule has 0 fully saturated rings. The van der Waals surface area contributed by atoms with Crippen LogP contribution < -0.4 is 10.1 Å². The molecule has 5 aromatic rings. The van der Waals surface area contributed by atoms with E-state index in [4.69, 9.17) is 4.74 Å². The van der Waals surface area contributed by atoms with Gasteiger partial charge >= 0.3 is 0 Å². The molecule has 6 nitrogen and oxygen atoms in total. The zero-order valence-corrected chi connectivity index (χ0v) is 19.7. The highest BCUT2D eigenvalue weighted by Crippen LogP contribution is 2.32. The number of carbonyl (C=O) groups excluding carboxylic acids is 1. The third-order valence-electron chi connectivity index (χ3n) is 6.10. The number of hydrogen-bond acceptors (Lipinski definition) is 4. The quantitative estimate of drug-likeness (QED) is 0.321. The lowest BCUT2D eigenvalue weighted by atomic mass is 10.1. The van der Waals surface area contributed by atoms with Crippen molar-refractivity contribution in [2.45, 2.75) is 26.8 Å². The predicted molar refractivity (Wildman–Crippen MR) is 137 cm³/mol. The lowest BCUT2D eigenvalue weighted by Gasteiger charge is -2.14. The van der Waals surface area contributed by atoms with E-state index in [0.29, 0.717) is 23.6 Å². The molecule has 0 saturated heterocycles. The number of nitrogens with one attached hydrogen (secondary N) is 1. The van der Waals surface area contributed by atoms with Gasteiger partial charge in [-0.05, 0) is 79.1 Å². The van der Waals surface area contributed by atoms with Crippen molar-refractivity contribution < 1.29 is 9.53 Å². The van der Waals surface area contributed by atoms with Gasteiger partial charge < -0.3 is 14.6 Å². The number of amides is 1. The number of hydrogen-bond donors (Lipinski definition) is 1. The molecule has 0 bridgehead atoms. The van der Waals surface area contributed by atoms with Crippen molar-refractivity contribution in [3.63, 3.8) is 0 Å². The molecule has 0 aliphatic carbocycles. The van der Waals surface area contributed by atoms with Gasteiger partial charge in [-0.15, -0.1) is 0 Å². The molecule has 0 aliphatic heterocycles. The summed E-state index contributed by atoms with van der Waals surface area (Å²) in [5.41, 5.74) is 5.53. The van der Waals surface area contributed by atoms with Gasteiger partial charge in [0.1, 0.15) is 11.5 Å². The number of benzene rings is 2. The number of aryl methyl sites for hydroxylation is 1. The van der Waals surface area contributed by atoms with Crippen molar-refractivity contribution in [3.05, 3.63) is 114 Å². The van der Waals surface area contributed by atoms with E-state index < -0.39 is 0 Å². The van der Waals surface area contributed by atoms with Gasteiger partial charge in [-0.1, -0.05) is 13.0 Å². The average Bonchev–Trinajstić information content (AvgIpc) is 3.38. The minimum atomic E-state index is -0.146. The fraction of sp³-hybridized carbons (Fsp3) is 0.138. The fourth-order valence-corrected chi connectivity index (χ4v) is 4.04. The average molecular weight is 463 g/mol. The zero-order valence-electron chi connectivity index (χ0n) is 19.7. The third kappa shape index (κ3) is 4.77. The Labute approximate surface area is 204 Å². The summed E-state index contributed by atoms with van der Waals surface area (Å²) in [4.78, 5) is 21.4. The summed E-state index contributed by atoms with van der Waals surface area (Å²) < 4.78 is 8.41. The third-order valence-corrected chi connectivity index (χ3v) is 6.10. The van der Waals surface area contributed by atoms with Gasteiger partial charge in [0.15, 0.2) is 0 Å². The molecule has 1 N–H and O–H groups in total. The molecular weight excluding hydrogens is 436 g/mol. The molecule has 6 heteroatoms. The molecule has 3 aromatic heterocycles. The second kappa shape index (κ2) is 9.81. The number of nitrogens with zero attached hydrogens (tertiary/aromatic N) is 3. The van der Waals surface area contributed by atoms with E-state index in [9.17, 15) is 4.79 Å². The van der Waals surface area contributed by atoms with Gasteiger partial charge in [0, 0.05) is 59.7 Å². The van der Waals surface area contributed by atoms with Crippen LogP contribution in [0.15, 0.2) is 91.6 Å². The lowest BCUT2D eigenvalue weighted by Crippen LogP contribution is -2.23. The first-order valence-corrected chi connectivity index (χ1v) is 11.6. The molecule has 174 valence electrons. The molecule has 3 heterocycles. The smallest absolute Gasteiger partial charge is 0.251 e. The van der Waals surface area contributed by atoms with E-state index in [1.807, 2.05) is 49.4 Å². The molecule has 2 aromatic carbocycles. The van der Waals surface area contributed by atoms with E-state index in [2.05, 4.69) is 57.4 Å². The van der Waals surface area contributed by atoms with Crippen LogP contribution in [0.25, 0.3) is 16.6 Å². The summed E-state index contributed by atoms with van der Waals surface area (Å²) in [6.45, 7) is 4.48. The zero-order chi connectivity index (χ0) is 24.2. The lowest BCUT2D eigenvalue weighted by molar-refractivity contribution is 0.0950. The Morgan fingerprint density at radius 3 is 2.63 bits per heavy atom. The SMILES string of the molecule is CCc1ccn(-c2ccc3c(Oc4cccc(C(=O)NCc5ccncc5)c4C)ccnc3c2)c1. The van der Waals surface area contributed by atoms with Crippen LogP contribution in [0, 0.1) is 6.92 Å². The molecule has 0 radical (unpaired) electrons. The molecule has 0 spiro atoms. The van der Waals surface area contributed by atoms with Crippen LogP contribution >= 0.6 is 0 Å². The van der Waals surface area contributed by atoms with Crippen molar-refractivity contribution in [1.29, 1.82) is 0 Å². The monoisotopic (exact) mass is 462 g/mol. The highest BCUT2D eigenvalue weighted by molar-refractivity contribution is 5.96. The Morgan fingerprint density at radius 1 is 0.971 bits per heavy atom.